The van der Waals surface area contributed by atoms with E-state index in [1.165, 1.54) is 126 Å². The van der Waals surface area contributed by atoms with Gasteiger partial charge in [0, 0.05) is 34.1 Å². The van der Waals surface area contributed by atoms with Crippen LogP contribution in [0.2, 0.25) is 0 Å². The zero-order valence-electron chi connectivity index (χ0n) is 79.8. The molecule has 24 rings (SSSR count). The van der Waals surface area contributed by atoms with Crippen molar-refractivity contribution in [1.29, 1.82) is 0 Å². The summed E-state index contributed by atoms with van der Waals surface area (Å²) in [6.07, 6.45) is 0. The average Bonchev–Trinajstić information content (AvgIpc) is 0.710. The van der Waals surface area contributed by atoms with Crippen LogP contribution in [0.1, 0.15) is 0 Å². The molecular weight excluding hydrogens is 1800 g/mol. The second-order valence-corrected chi connectivity index (χ2v) is 52.8. The largest absolute Gasteiger partial charge is 0.310 e. The molecule has 0 bridgehead atoms. The summed E-state index contributed by atoms with van der Waals surface area (Å²) >= 11 is 0. The zero-order chi connectivity index (χ0) is 96.1. The fourth-order valence-corrected chi connectivity index (χ4v) is 42.5. The standard InChI is InChI=1S/C138H102N2Si4/c1-13-51-115(52-14-1)141(116-53-15-2-16-54-116,117-55-17-3-18-56-117)127-93-85-103(86-94-127)107-45-41-47-111(97-107)139(113-49-43-75-129(99-113)143(121-63-25-7-26-64-121,122-65-27-8-28-66-122)123-67-29-9-30-68-123)109-89-81-105(82-90-109)135-101-137-134-80-40-38-78-132(134)136(102-138(137)133-79-39-37-77-131(133)135)106-83-91-110(92-84-106)140(114-50-44-76-130(100-114)144(124-69-31-10-32-70-124,125-71-33-11-34-72-125)126-73-35-12-36-74-126)112-48-42-46-108(98-112)104-87-95-128(96-88-104)142(118-57-19-4-20-58-118,119-59-21-5-22-60-119)120-61-23-6-24-62-120/h1-102H. The van der Waals surface area contributed by atoms with Gasteiger partial charge in [-0.25, -0.2) is 0 Å². The lowest BCUT2D eigenvalue weighted by Crippen LogP contribution is -2.74. The Morgan fingerprint density at radius 1 is 0.0972 bits per heavy atom. The second-order valence-electron chi connectivity index (χ2n) is 37.5. The first-order chi connectivity index (χ1) is 71.4. The third-order valence-corrected chi connectivity index (χ3v) is 49.0. The number of hydrogen-bond donors (Lipinski definition) is 0. The minimum atomic E-state index is -3.00. The number of hydrogen-bond acceptors (Lipinski definition) is 2. The summed E-state index contributed by atoms with van der Waals surface area (Å²) in [5.41, 5.74) is 15.5. The summed E-state index contributed by atoms with van der Waals surface area (Å²) < 4.78 is 0. The molecular formula is C138H102N2Si4. The third-order valence-electron chi connectivity index (χ3n) is 29.8. The first-order valence-corrected chi connectivity index (χ1v) is 57.9. The summed E-state index contributed by atoms with van der Waals surface area (Å²) in [4.78, 5) is 4.98. The molecule has 0 atom stereocenters. The van der Waals surface area contributed by atoms with Crippen molar-refractivity contribution in [1.82, 2.24) is 0 Å². The number of nitrogens with zero attached hydrogens (tertiary/aromatic N) is 2. The number of rotatable bonds is 26. The fraction of sp³-hybridized carbons (Fsp3) is 0. The van der Waals surface area contributed by atoms with Crippen LogP contribution in [0.15, 0.2) is 619 Å². The fourth-order valence-electron chi connectivity index (χ4n) is 23.4. The lowest BCUT2D eigenvalue weighted by atomic mass is 9.87. The van der Waals surface area contributed by atoms with Crippen molar-refractivity contribution in [3.8, 4) is 44.5 Å². The zero-order valence-corrected chi connectivity index (χ0v) is 83.8. The maximum absolute atomic E-state index is 3.00. The summed E-state index contributed by atoms with van der Waals surface area (Å²) in [6.45, 7) is 0. The van der Waals surface area contributed by atoms with Gasteiger partial charge in [0.25, 0.3) is 0 Å². The predicted molar refractivity (Wildman–Crippen MR) is 625 cm³/mol. The van der Waals surface area contributed by atoms with Crippen LogP contribution in [0.4, 0.5) is 34.1 Å². The van der Waals surface area contributed by atoms with Gasteiger partial charge < -0.3 is 9.80 Å². The highest BCUT2D eigenvalue weighted by atomic mass is 28.3. The minimum absolute atomic E-state index is 1.05. The third kappa shape index (κ3) is 16.0. The minimum Gasteiger partial charge on any atom is -0.310 e. The van der Waals surface area contributed by atoms with Gasteiger partial charge in [0.1, 0.15) is 0 Å². The summed E-state index contributed by atoms with van der Waals surface area (Å²) in [5.74, 6) is 0. The molecule has 0 fully saturated rings. The Bertz CT molecular complexity index is 7710. The smallest absolute Gasteiger partial charge is 0.179 e. The molecule has 0 heterocycles. The maximum atomic E-state index is 2.50. The molecule has 2 nitrogen and oxygen atoms in total. The normalized spacial score (nSPS) is 11.8. The maximum Gasteiger partial charge on any atom is 0.179 e. The van der Waals surface area contributed by atoms with Crippen molar-refractivity contribution in [3.05, 3.63) is 619 Å². The Hall–Kier alpha value is -17.5. The molecule has 0 N–H and O–H groups in total. The number of benzene rings is 24. The van der Waals surface area contributed by atoms with Crippen LogP contribution in [-0.2, 0) is 0 Å². The highest BCUT2D eigenvalue weighted by Gasteiger charge is 2.46. The number of anilines is 6. The van der Waals surface area contributed by atoms with Gasteiger partial charge in [0.15, 0.2) is 32.3 Å². The molecule has 0 saturated carbocycles. The van der Waals surface area contributed by atoms with E-state index < -0.39 is 32.3 Å². The average molecular weight is 1900 g/mol. The van der Waals surface area contributed by atoms with Crippen molar-refractivity contribution >= 4 is 182 Å². The molecule has 0 aliphatic rings. The molecule has 0 aromatic heterocycles. The molecule has 0 aliphatic heterocycles. The van der Waals surface area contributed by atoms with E-state index >= 15 is 0 Å². The van der Waals surface area contributed by atoms with Crippen LogP contribution in [-0.4, -0.2) is 32.3 Å². The second kappa shape index (κ2) is 39.3. The summed E-state index contributed by atoms with van der Waals surface area (Å²) in [6, 6.07) is 233. The van der Waals surface area contributed by atoms with Crippen molar-refractivity contribution in [2.24, 2.45) is 0 Å². The van der Waals surface area contributed by atoms with E-state index in [9.17, 15) is 0 Å². The molecule has 0 radical (unpaired) electrons. The monoisotopic (exact) mass is 1900 g/mol. The Morgan fingerprint density at radius 2 is 0.278 bits per heavy atom. The van der Waals surface area contributed by atoms with Crippen molar-refractivity contribution in [3.63, 3.8) is 0 Å². The van der Waals surface area contributed by atoms with Gasteiger partial charge in [0.2, 0.25) is 0 Å². The quantitative estimate of drug-likeness (QED) is 0.0303. The molecule has 0 spiro atoms. The lowest BCUT2D eigenvalue weighted by molar-refractivity contribution is 1.29. The van der Waals surface area contributed by atoms with E-state index in [1.807, 2.05) is 0 Å². The van der Waals surface area contributed by atoms with Crippen LogP contribution in [0, 0.1) is 0 Å². The van der Waals surface area contributed by atoms with Gasteiger partial charge in [-0.05, 0) is 245 Å². The number of fused-ring (bicyclic) bond motifs is 5. The Balaban J connectivity index is 0.625. The molecule has 0 unspecified atom stereocenters. The van der Waals surface area contributed by atoms with E-state index in [1.54, 1.807) is 0 Å². The van der Waals surface area contributed by atoms with Gasteiger partial charge in [-0.1, -0.05) is 534 Å². The van der Waals surface area contributed by atoms with Gasteiger partial charge in [0.05, 0.1) is 0 Å². The Kier molecular flexibility index (Phi) is 24.3. The molecule has 680 valence electrons. The van der Waals surface area contributed by atoms with Gasteiger partial charge in [-0.15, -0.1) is 0 Å². The van der Waals surface area contributed by atoms with Crippen molar-refractivity contribution < 1.29 is 0 Å². The Labute approximate surface area is 848 Å². The molecule has 24 aromatic carbocycles. The van der Waals surface area contributed by atoms with E-state index in [0.717, 1.165) is 67.5 Å². The van der Waals surface area contributed by atoms with E-state index in [0.29, 0.717) is 0 Å². The van der Waals surface area contributed by atoms with Crippen LogP contribution in [0.3, 0.4) is 0 Å². The van der Waals surface area contributed by atoms with Crippen LogP contribution in [0.5, 0.6) is 0 Å². The summed E-state index contributed by atoms with van der Waals surface area (Å²) in [5, 5.41) is 28.5. The van der Waals surface area contributed by atoms with Crippen molar-refractivity contribution in [2.45, 2.75) is 0 Å². The lowest BCUT2D eigenvalue weighted by Gasteiger charge is -2.35. The Morgan fingerprint density at radius 3 is 0.514 bits per heavy atom. The first kappa shape index (κ1) is 89.2. The SMILES string of the molecule is c1ccc([Si](c2ccccc2)(c2ccccc2)c2ccc(-c3cccc(N(c4ccc(-c5cc6c7ccccc7c(-c7ccc(N(c8cccc(-c9ccc([Si](c%10ccccc%10)(c%10ccccc%10)c%10ccccc%10)cc9)c8)c8cccc([Si](c9ccccc9)(c9ccccc9)c9ccccc9)c8)cc7)cc6c6ccccc56)cc4)c4cccc([Si](c5ccccc5)(c5ccccc5)c5ccccc5)c4)c3)cc2)cc1. The van der Waals surface area contributed by atoms with Crippen LogP contribution < -0.4 is 92.8 Å². The molecule has 24 aromatic rings. The highest BCUT2D eigenvalue weighted by Crippen LogP contribution is 2.46. The van der Waals surface area contributed by atoms with E-state index in [2.05, 4.69) is 629 Å². The van der Waals surface area contributed by atoms with Gasteiger partial charge >= 0.3 is 0 Å². The molecule has 0 amide bonds. The van der Waals surface area contributed by atoms with Crippen LogP contribution in [0.25, 0.3) is 76.8 Å². The van der Waals surface area contributed by atoms with Gasteiger partial charge in [-0.2, -0.15) is 0 Å². The highest BCUT2D eigenvalue weighted by molar-refractivity contribution is 7.22. The molecule has 6 heteroatoms. The topological polar surface area (TPSA) is 6.48 Å². The van der Waals surface area contributed by atoms with Gasteiger partial charge in [-0.3, -0.25) is 0 Å². The van der Waals surface area contributed by atoms with E-state index in [-0.39, 0.29) is 0 Å². The first-order valence-electron chi connectivity index (χ1n) is 49.9. The summed E-state index contributed by atoms with van der Waals surface area (Å²) in [7, 11) is -11.6. The molecule has 144 heavy (non-hydrogen) atoms. The molecule has 0 saturated heterocycles. The predicted octanol–water partition coefficient (Wildman–Crippen LogP) is 24.3. The molecule has 0 aliphatic carbocycles. The van der Waals surface area contributed by atoms with Crippen molar-refractivity contribution in [2.75, 3.05) is 9.80 Å². The van der Waals surface area contributed by atoms with Crippen LogP contribution >= 0.6 is 0 Å². The van der Waals surface area contributed by atoms with E-state index in [4.69, 9.17) is 0 Å².